The van der Waals surface area contributed by atoms with E-state index in [1.807, 2.05) is 35.0 Å². The number of benzene rings is 1. The van der Waals surface area contributed by atoms with Crippen molar-refractivity contribution in [2.75, 3.05) is 6.54 Å². The lowest BCUT2D eigenvalue weighted by Crippen LogP contribution is -2.02. The van der Waals surface area contributed by atoms with Crippen LogP contribution in [-0.2, 0) is 13.0 Å². The molecule has 0 radical (unpaired) electrons. The molecule has 0 spiro atoms. The summed E-state index contributed by atoms with van der Waals surface area (Å²) in [4.78, 5) is 4.52. The maximum absolute atomic E-state index is 13.2. The summed E-state index contributed by atoms with van der Waals surface area (Å²) in [7, 11) is 0. The number of ether oxygens (including phenoxy) is 1. The van der Waals surface area contributed by atoms with E-state index in [1.165, 1.54) is 12.1 Å². The van der Waals surface area contributed by atoms with E-state index in [1.54, 1.807) is 6.07 Å². The molecule has 0 atom stereocenters. The predicted molar refractivity (Wildman–Crippen MR) is 78.7 cm³/mol. The van der Waals surface area contributed by atoms with Crippen molar-refractivity contribution in [2.45, 2.75) is 13.0 Å². The number of imidazole rings is 1. The molecule has 2 heterocycles. The van der Waals surface area contributed by atoms with Gasteiger partial charge < -0.3 is 14.9 Å². The zero-order valence-electron chi connectivity index (χ0n) is 11.5. The van der Waals surface area contributed by atoms with Crippen molar-refractivity contribution in [3.05, 3.63) is 65.9 Å². The highest BCUT2D eigenvalue weighted by molar-refractivity contribution is 5.54. The first-order valence-electron chi connectivity index (χ1n) is 6.80. The Kier molecular flexibility index (Phi) is 3.83. The Labute approximate surface area is 122 Å². The van der Waals surface area contributed by atoms with Gasteiger partial charge in [0.1, 0.15) is 12.4 Å². The second kappa shape index (κ2) is 5.93. The summed E-state index contributed by atoms with van der Waals surface area (Å²) in [5.74, 6) is 0.408. The molecule has 0 aliphatic carbocycles. The van der Waals surface area contributed by atoms with E-state index < -0.39 is 0 Å². The van der Waals surface area contributed by atoms with Crippen molar-refractivity contribution < 1.29 is 9.13 Å². The highest BCUT2D eigenvalue weighted by Gasteiger charge is 2.07. The van der Waals surface area contributed by atoms with E-state index in [0.29, 0.717) is 18.9 Å². The third kappa shape index (κ3) is 3.03. The molecule has 0 amide bonds. The Balaban J connectivity index is 1.83. The van der Waals surface area contributed by atoms with Crippen LogP contribution in [0.5, 0.6) is 5.75 Å². The van der Waals surface area contributed by atoms with E-state index in [2.05, 4.69) is 4.98 Å². The SMILES string of the molecule is NCCc1cn2cccc(OCc3cccc(F)c3)c2n1. The fourth-order valence-electron chi connectivity index (χ4n) is 2.21. The summed E-state index contributed by atoms with van der Waals surface area (Å²) in [6.07, 6.45) is 4.58. The van der Waals surface area contributed by atoms with E-state index in [4.69, 9.17) is 10.5 Å². The number of fused-ring (bicyclic) bond motifs is 1. The van der Waals surface area contributed by atoms with Crippen molar-refractivity contribution in [3.63, 3.8) is 0 Å². The van der Waals surface area contributed by atoms with Gasteiger partial charge in [0.25, 0.3) is 0 Å². The molecule has 0 saturated carbocycles. The van der Waals surface area contributed by atoms with Gasteiger partial charge in [0.2, 0.25) is 0 Å². The van der Waals surface area contributed by atoms with Crippen molar-refractivity contribution >= 4 is 5.65 Å². The van der Waals surface area contributed by atoms with Crippen molar-refractivity contribution in [1.82, 2.24) is 9.38 Å². The molecule has 0 saturated heterocycles. The fraction of sp³-hybridized carbons (Fsp3) is 0.188. The number of rotatable bonds is 5. The maximum Gasteiger partial charge on any atom is 0.179 e. The van der Waals surface area contributed by atoms with E-state index >= 15 is 0 Å². The molecule has 108 valence electrons. The number of aromatic nitrogens is 2. The Morgan fingerprint density at radius 1 is 1.24 bits per heavy atom. The van der Waals surface area contributed by atoms with Gasteiger partial charge >= 0.3 is 0 Å². The molecule has 3 aromatic rings. The average molecular weight is 285 g/mol. The van der Waals surface area contributed by atoms with Gasteiger partial charge in [0.05, 0.1) is 5.69 Å². The van der Waals surface area contributed by atoms with Crippen LogP contribution in [0.15, 0.2) is 48.8 Å². The molecule has 0 aliphatic heterocycles. The topological polar surface area (TPSA) is 52.5 Å². The van der Waals surface area contributed by atoms with Crippen LogP contribution in [0.1, 0.15) is 11.3 Å². The molecule has 2 N–H and O–H groups in total. The molecule has 3 rings (SSSR count). The third-order valence-electron chi connectivity index (χ3n) is 3.18. The summed E-state index contributed by atoms with van der Waals surface area (Å²) < 4.78 is 20.8. The fourth-order valence-corrected chi connectivity index (χ4v) is 2.21. The van der Waals surface area contributed by atoms with Gasteiger partial charge in [-0.1, -0.05) is 12.1 Å². The lowest BCUT2D eigenvalue weighted by atomic mass is 10.2. The van der Waals surface area contributed by atoms with Gasteiger partial charge in [0, 0.05) is 18.8 Å². The Morgan fingerprint density at radius 3 is 2.95 bits per heavy atom. The van der Waals surface area contributed by atoms with E-state index in [0.717, 1.165) is 23.3 Å². The van der Waals surface area contributed by atoms with E-state index in [-0.39, 0.29) is 5.82 Å². The van der Waals surface area contributed by atoms with Gasteiger partial charge in [0.15, 0.2) is 11.4 Å². The quantitative estimate of drug-likeness (QED) is 0.784. The van der Waals surface area contributed by atoms with Crippen LogP contribution in [-0.4, -0.2) is 15.9 Å². The zero-order valence-corrected chi connectivity index (χ0v) is 11.5. The highest BCUT2D eigenvalue weighted by Crippen LogP contribution is 2.20. The van der Waals surface area contributed by atoms with Gasteiger partial charge in [-0.15, -0.1) is 0 Å². The zero-order chi connectivity index (χ0) is 14.7. The predicted octanol–water partition coefficient (Wildman–Crippen LogP) is 2.55. The summed E-state index contributed by atoms with van der Waals surface area (Å²) in [6, 6.07) is 10.1. The van der Waals surface area contributed by atoms with Crippen LogP contribution in [0.4, 0.5) is 4.39 Å². The second-order valence-corrected chi connectivity index (χ2v) is 4.79. The largest absolute Gasteiger partial charge is 0.485 e. The summed E-state index contributed by atoms with van der Waals surface area (Å²) in [5.41, 5.74) is 8.01. The lowest BCUT2D eigenvalue weighted by Gasteiger charge is -2.07. The minimum Gasteiger partial charge on any atom is -0.485 e. The Morgan fingerprint density at radius 2 is 2.14 bits per heavy atom. The molecular formula is C16H16FN3O. The Bertz CT molecular complexity index is 754. The highest BCUT2D eigenvalue weighted by atomic mass is 19.1. The molecule has 4 nitrogen and oxygen atoms in total. The lowest BCUT2D eigenvalue weighted by molar-refractivity contribution is 0.307. The van der Waals surface area contributed by atoms with Gasteiger partial charge in [-0.2, -0.15) is 0 Å². The second-order valence-electron chi connectivity index (χ2n) is 4.79. The van der Waals surface area contributed by atoms with Gasteiger partial charge in [-0.05, 0) is 36.4 Å². The number of pyridine rings is 1. The van der Waals surface area contributed by atoms with Crippen molar-refractivity contribution in [2.24, 2.45) is 5.73 Å². The third-order valence-corrected chi connectivity index (χ3v) is 3.18. The van der Waals surface area contributed by atoms with Crippen molar-refractivity contribution in [1.29, 1.82) is 0 Å². The first kappa shape index (κ1) is 13.6. The minimum atomic E-state index is -0.264. The summed E-state index contributed by atoms with van der Waals surface area (Å²) in [6.45, 7) is 0.861. The molecule has 0 fully saturated rings. The summed E-state index contributed by atoms with van der Waals surface area (Å²) in [5, 5.41) is 0. The molecule has 0 aliphatic rings. The van der Waals surface area contributed by atoms with Crippen LogP contribution in [0.25, 0.3) is 5.65 Å². The van der Waals surface area contributed by atoms with Crippen molar-refractivity contribution in [3.8, 4) is 5.75 Å². The van der Waals surface area contributed by atoms with Crippen LogP contribution < -0.4 is 10.5 Å². The van der Waals surface area contributed by atoms with E-state index in [9.17, 15) is 4.39 Å². The van der Waals surface area contributed by atoms with Crippen LogP contribution >= 0.6 is 0 Å². The number of nitrogens with two attached hydrogens (primary N) is 1. The average Bonchev–Trinajstić information content (AvgIpc) is 2.88. The molecule has 2 aromatic heterocycles. The molecule has 1 aromatic carbocycles. The molecule has 0 bridgehead atoms. The normalized spacial score (nSPS) is 11.0. The first-order valence-corrected chi connectivity index (χ1v) is 6.80. The van der Waals surface area contributed by atoms with Crippen LogP contribution in [0.3, 0.4) is 0 Å². The number of hydrogen-bond acceptors (Lipinski definition) is 3. The number of nitrogens with zero attached hydrogens (tertiary/aromatic N) is 2. The number of hydrogen-bond donors (Lipinski definition) is 1. The number of halogens is 1. The maximum atomic E-state index is 13.2. The minimum absolute atomic E-state index is 0.264. The standard InChI is InChI=1S/C16H16FN3O/c17-13-4-1-3-12(9-13)11-21-15-5-2-8-20-10-14(6-7-18)19-16(15)20/h1-5,8-10H,6-7,11,18H2. The Hall–Kier alpha value is -2.40. The first-order chi connectivity index (χ1) is 10.3. The van der Waals surface area contributed by atoms with Crippen LogP contribution in [0.2, 0.25) is 0 Å². The van der Waals surface area contributed by atoms with Gasteiger partial charge in [-0.3, -0.25) is 0 Å². The molecule has 21 heavy (non-hydrogen) atoms. The van der Waals surface area contributed by atoms with Gasteiger partial charge in [-0.25, -0.2) is 9.37 Å². The smallest absolute Gasteiger partial charge is 0.179 e. The molecular weight excluding hydrogens is 269 g/mol. The van der Waals surface area contributed by atoms with Crippen LogP contribution in [0, 0.1) is 5.82 Å². The monoisotopic (exact) mass is 285 g/mol. The summed E-state index contributed by atoms with van der Waals surface area (Å²) >= 11 is 0. The molecule has 0 unspecified atom stereocenters. The molecule has 5 heteroatoms.